The summed E-state index contributed by atoms with van der Waals surface area (Å²) in [5, 5.41) is 13.1. The number of benzene rings is 2. The van der Waals surface area contributed by atoms with E-state index in [0.717, 1.165) is 21.5 Å². The number of phenols is 1. The molecule has 0 spiro atoms. The molecular formula is C14H10BrCl2NO3. The number of aromatic hydroxyl groups is 1. The quantitative estimate of drug-likeness (QED) is 0.739. The third kappa shape index (κ3) is 3.00. The summed E-state index contributed by atoms with van der Waals surface area (Å²) in [6, 6.07) is 7.01. The van der Waals surface area contributed by atoms with Gasteiger partial charge in [0, 0.05) is 16.7 Å². The van der Waals surface area contributed by atoms with Gasteiger partial charge in [-0.05, 0) is 29.8 Å². The number of hydrogen-bond acceptors (Lipinski definition) is 4. The summed E-state index contributed by atoms with van der Waals surface area (Å²) < 4.78 is 11.6. The third-order valence-corrected chi connectivity index (χ3v) is 4.36. The van der Waals surface area contributed by atoms with Crippen molar-refractivity contribution in [2.75, 3.05) is 12.1 Å². The van der Waals surface area contributed by atoms with E-state index in [9.17, 15) is 5.11 Å². The molecule has 0 amide bonds. The number of hydrogen-bond donors (Lipinski definition) is 2. The molecule has 0 aliphatic carbocycles. The van der Waals surface area contributed by atoms with Crippen LogP contribution in [0.25, 0.3) is 0 Å². The van der Waals surface area contributed by atoms with Gasteiger partial charge in [-0.25, -0.2) is 0 Å². The Labute approximate surface area is 139 Å². The smallest absolute Gasteiger partial charge is 0.231 e. The van der Waals surface area contributed by atoms with Crippen LogP contribution in [-0.2, 0) is 6.54 Å². The van der Waals surface area contributed by atoms with Gasteiger partial charge in [0.1, 0.15) is 0 Å². The van der Waals surface area contributed by atoms with Crippen molar-refractivity contribution in [3.05, 3.63) is 44.3 Å². The fourth-order valence-electron chi connectivity index (χ4n) is 1.96. The van der Waals surface area contributed by atoms with Crippen LogP contribution in [0, 0.1) is 0 Å². The molecule has 21 heavy (non-hydrogen) atoms. The first-order valence-electron chi connectivity index (χ1n) is 6.04. The van der Waals surface area contributed by atoms with Crippen molar-refractivity contribution in [2.24, 2.45) is 0 Å². The van der Waals surface area contributed by atoms with Crippen LogP contribution in [0.1, 0.15) is 5.56 Å². The van der Waals surface area contributed by atoms with Gasteiger partial charge in [0.15, 0.2) is 17.2 Å². The standard InChI is InChI=1S/C14H10BrCl2NO3/c15-9-4-13-12(20-6-21-13)1-7(9)5-18-8-2-10(16)14(19)11(17)3-8/h1-4,18-19H,5-6H2. The van der Waals surface area contributed by atoms with Gasteiger partial charge >= 0.3 is 0 Å². The van der Waals surface area contributed by atoms with E-state index in [1.54, 1.807) is 12.1 Å². The maximum absolute atomic E-state index is 9.54. The molecule has 0 unspecified atom stereocenters. The minimum absolute atomic E-state index is 0.117. The van der Waals surface area contributed by atoms with Crippen LogP contribution in [-0.4, -0.2) is 11.9 Å². The normalized spacial score (nSPS) is 12.5. The van der Waals surface area contributed by atoms with Crippen LogP contribution in [0.2, 0.25) is 10.0 Å². The molecule has 0 fully saturated rings. The van der Waals surface area contributed by atoms with Crippen molar-refractivity contribution in [3.8, 4) is 17.2 Å². The number of rotatable bonds is 3. The summed E-state index contributed by atoms with van der Waals surface area (Å²) >= 11 is 15.3. The SMILES string of the molecule is Oc1c(Cl)cc(NCc2cc3c(cc2Br)OCO3)cc1Cl. The molecule has 0 aromatic heterocycles. The number of nitrogens with one attached hydrogen (secondary N) is 1. The van der Waals surface area contributed by atoms with Crippen LogP contribution in [0.15, 0.2) is 28.7 Å². The molecule has 0 saturated carbocycles. The van der Waals surface area contributed by atoms with Gasteiger partial charge in [-0.2, -0.15) is 0 Å². The molecule has 2 aromatic carbocycles. The Morgan fingerprint density at radius 2 is 1.71 bits per heavy atom. The van der Waals surface area contributed by atoms with Crippen LogP contribution < -0.4 is 14.8 Å². The molecule has 1 heterocycles. The average Bonchev–Trinajstić information content (AvgIpc) is 2.89. The largest absolute Gasteiger partial charge is 0.505 e. The first-order valence-corrected chi connectivity index (χ1v) is 7.59. The van der Waals surface area contributed by atoms with Gasteiger partial charge in [0.2, 0.25) is 6.79 Å². The third-order valence-electron chi connectivity index (χ3n) is 3.04. The predicted molar refractivity (Wildman–Crippen MR) is 85.7 cm³/mol. The molecule has 4 nitrogen and oxygen atoms in total. The van der Waals surface area contributed by atoms with Crippen molar-refractivity contribution in [2.45, 2.75) is 6.54 Å². The lowest BCUT2D eigenvalue weighted by molar-refractivity contribution is 0.174. The fourth-order valence-corrected chi connectivity index (χ4v) is 2.91. The van der Waals surface area contributed by atoms with E-state index < -0.39 is 0 Å². The molecule has 0 bridgehead atoms. The zero-order valence-electron chi connectivity index (χ0n) is 10.6. The van der Waals surface area contributed by atoms with E-state index >= 15 is 0 Å². The topological polar surface area (TPSA) is 50.7 Å². The summed E-state index contributed by atoms with van der Waals surface area (Å²) in [7, 11) is 0. The Bertz CT molecular complexity index is 686. The lowest BCUT2D eigenvalue weighted by Crippen LogP contribution is -2.00. The average molecular weight is 391 g/mol. The second-order valence-corrected chi connectivity index (χ2v) is 6.11. The molecule has 7 heteroatoms. The Morgan fingerprint density at radius 3 is 2.38 bits per heavy atom. The first kappa shape index (κ1) is 14.6. The van der Waals surface area contributed by atoms with Gasteiger partial charge in [0.25, 0.3) is 0 Å². The highest BCUT2D eigenvalue weighted by atomic mass is 79.9. The van der Waals surface area contributed by atoms with Gasteiger partial charge in [-0.3, -0.25) is 0 Å². The van der Waals surface area contributed by atoms with Gasteiger partial charge in [-0.15, -0.1) is 0 Å². The Balaban J connectivity index is 1.79. The van der Waals surface area contributed by atoms with Crippen molar-refractivity contribution in [1.29, 1.82) is 0 Å². The maximum atomic E-state index is 9.54. The highest BCUT2D eigenvalue weighted by Crippen LogP contribution is 2.38. The molecule has 0 atom stereocenters. The highest BCUT2D eigenvalue weighted by molar-refractivity contribution is 9.10. The Morgan fingerprint density at radius 1 is 1.10 bits per heavy atom. The number of anilines is 1. The number of phenolic OH excluding ortho intramolecular Hbond substituents is 1. The van der Waals surface area contributed by atoms with Crippen LogP contribution >= 0.6 is 39.1 Å². The zero-order chi connectivity index (χ0) is 15.0. The molecule has 2 aromatic rings. The molecule has 3 rings (SSSR count). The lowest BCUT2D eigenvalue weighted by atomic mass is 10.2. The summed E-state index contributed by atoms with van der Waals surface area (Å²) in [6.07, 6.45) is 0. The van der Waals surface area contributed by atoms with Crippen LogP contribution in [0.3, 0.4) is 0 Å². The predicted octanol–water partition coefficient (Wildman–Crippen LogP) is 4.80. The maximum Gasteiger partial charge on any atom is 0.231 e. The minimum atomic E-state index is -0.117. The molecule has 1 aliphatic heterocycles. The number of halogens is 3. The first-order chi connectivity index (χ1) is 10.0. The number of ether oxygens (including phenoxy) is 2. The molecule has 0 saturated heterocycles. The number of fused-ring (bicyclic) bond motifs is 1. The second-order valence-electron chi connectivity index (χ2n) is 4.44. The van der Waals surface area contributed by atoms with Gasteiger partial charge < -0.3 is 19.9 Å². The zero-order valence-corrected chi connectivity index (χ0v) is 13.7. The van der Waals surface area contributed by atoms with Crippen molar-refractivity contribution in [3.63, 3.8) is 0 Å². The summed E-state index contributed by atoms with van der Waals surface area (Å²) in [6.45, 7) is 0.774. The van der Waals surface area contributed by atoms with Crippen molar-refractivity contribution >= 4 is 44.8 Å². The molecule has 2 N–H and O–H groups in total. The Hall–Kier alpha value is -1.30. The van der Waals surface area contributed by atoms with Gasteiger partial charge in [-0.1, -0.05) is 39.1 Å². The van der Waals surface area contributed by atoms with E-state index in [-0.39, 0.29) is 22.6 Å². The molecule has 1 aliphatic rings. The molecular weight excluding hydrogens is 381 g/mol. The monoisotopic (exact) mass is 389 g/mol. The van der Waals surface area contributed by atoms with E-state index in [1.165, 1.54) is 0 Å². The summed E-state index contributed by atoms with van der Waals surface area (Å²) in [5.74, 6) is 1.33. The van der Waals surface area contributed by atoms with Crippen molar-refractivity contribution < 1.29 is 14.6 Å². The van der Waals surface area contributed by atoms with Crippen molar-refractivity contribution in [1.82, 2.24) is 0 Å². The summed E-state index contributed by atoms with van der Waals surface area (Å²) in [5.41, 5.74) is 1.71. The van der Waals surface area contributed by atoms with E-state index in [4.69, 9.17) is 32.7 Å². The summed E-state index contributed by atoms with van der Waals surface area (Å²) in [4.78, 5) is 0. The fraction of sp³-hybridized carbons (Fsp3) is 0.143. The van der Waals surface area contributed by atoms with Gasteiger partial charge in [0.05, 0.1) is 10.0 Å². The highest BCUT2D eigenvalue weighted by Gasteiger charge is 2.16. The second kappa shape index (κ2) is 5.83. The van der Waals surface area contributed by atoms with E-state index in [2.05, 4.69) is 21.2 Å². The van der Waals surface area contributed by atoms with Crippen LogP contribution in [0.5, 0.6) is 17.2 Å². The molecule has 0 radical (unpaired) electrons. The lowest BCUT2D eigenvalue weighted by Gasteiger charge is -2.11. The van der Waals surface area contributed by atoms with Crippen LogP contribution in [0.4, 0.5) is 5.69 Å². The molecule has 110 valence electrons. The Kier molecular flexibility index (Phi) is 4.06. The van der Waals surface area contributed by atoms with E-state index in [0.29, 0.717) is 12.2 Å². The van der Waals surface area contributed by atoms with E-state index in [1.807, 2.05) is 12.1 Å². The minimum Gasteiger partial charge on any atom is -0.505 e.